The maximum atomic E-state index is 13.2. The molecule has 0 saturated carbocycles. The predicted octanol–water partition coefficient (Wildman–Crippen LogP) is 3.99. The largest absolute Gasteiger partial charge is 0.416 e. The summed E-state index contributed by atoms with van der Waals surface area (Å²) >= 11 is 0. The topological polar surface area (TPSA) is 92.3 Å². The highest BCUT2D eigenvalue weighted by Crippen LogP contribution is 2.39. The Morgan fingerprint density at radius 1 is 1.06 bits per heavy atom. The number of halogens is 3. The number of alkyl halides is 3. The highest BCUT2D eigenvalue weighted by atomic mass is 32.2. The molecule has 1 aliphatic heterocycles. The Labute approximate surface area is 178 Å². The minimum atomic E-state index is -4.53. The van der Waals surface area contributed by atoms with Crippen molar-refractivity contribution >= 4 is 21.6 Å². The van der Waals surface area contributed by atoms with E-state index in [0.717, 1.165) is 24.3 Å². The summed E-state index contributed by atoms with van der Waals surface area (Å²) in [5.74, 6) is -0.258. The number of anilines is 1. The first-order chi connectivity index (χ1) is 14.4. The molecule has 3 rings (SSSR count). The SMILES string of the molecule is CC(C)(C1CCN(C(=O)Nc2ccnnc2)CC1)S(=O)(=O)c1ccc(C(F)(F)F)cc1. The molecular weight excluding hydrogens is 433 g/mol. The summed E-state index contributed by atoms with van der Waals surface area (Å²) in [6, 6.07) is 4.87. The third kappa shape index (κ3) is 4.81. The van der Waals surface area contributed by atoms with E-state index in [2.05, 4.69) is 15.5 Å². The van der Waals surface area contributed by atoms with Gasteiger partial charge in [0, 0.05) is 13.1 Å². The van der Waals surface area contributed by atoms with E-state index in [1.54, 1.807) is 24.8 Å². The molecule has 168 valence electrons. The van der Waals surface area contributed by atoms with E-state index in [4.69, 9.17) is 0 Å². The lowest BCUT2D eigenvalue weighted by Crippen LogP contribution is -2.48. The zero-order valence-electron chi connectivity index (χ0n) is 17.1. The highest BCUT2D eigenvalue weighted by molar-refractivity contribution is 7.92. The van der Waals surface area contributed by atoms with Gasteiger partial charge < -0.3 is 10.2 Å². The number of piperidine rings is 1. The van der Waals surface area contributed by atoms with Gasteiger partial charge in [-0.1, -0.05) is 0 Å². The molecule has 0 unspecified atom stereocenters. The third-order valence-corrected chi connectivity index (χ3v) is 8.40. The van der Waals surface area contributed by atoms with E-state index in [9.17, 15) is 26.4 Å². The number of rotatable bonds is 4. The second-order valence-electron chi connectivity index (χ2n) is 7.95. The number of carbonyl (C=O) groups is 1. The van der Waals surface area contributed by atoms with Crippen molar-refractivity contribution in [3.05, 3.63) is 48.3 Å². The second kappa shape index (κ2) is 8.45. The number of urea groups is 1. The molecule has 11 heteroatoms. The molecule has 31 heavy (non-hydrogen) atoms. The van der Waals surface area contributed by atoms with Crippen LogP contribution in [0.1, 0.15) is 32.3 Å². The maximum Gasteiger partial charge on any atom is 0.416 e. The lowest BCUT2D eigenvalue weighted by molar-refractivity contribution is -0.137. The molecule has 2 amide bonds. The minimum absolute atomic E-state index is 0.143. The predicted molar refractivity (Wildman–Crippen MR) is 108 cm³/mol. The Balaban J connectivity index is 1.68. The van der Waals surface area contributed by atoms with E-state index < -0.39 is 26.3 Å². The van der Waals surface area contributed by atoms with Crippen molar-refractivity contribution in [2.45, 2.75) is 42.5 Å². The molecule has 7 nitrogen and oxygen atoms in total. The number of amides is 2. The van der Waals surface area contributed by atoms with Crippen LogP contribution in [0.2, 0.25) is 0 Å². The van der Waals surface area contributed by atoms with Gasteiger partial charge in [0.05, 0.1) is 33.3 Å². The average molecular weight is 456 g/mol. The zero-order valence-corrected chi connectivity index (χ0v) is 17.9. The molecule has 1 aromatic carbocycles. The normalized spacial score (nSPS) is 16.2. The van der Waals surface area contributed by atoms with Gasteiger partial charge in [0.1, 0.15) is 0 Å². The highest BCUT2D eigenvalue weighted by Gasteiger charge is 2.44. The summed E-state index contributed by atoms with van der Waals surface area (Å²) in [5, 5.41) is 10.0. The van der Waals surface area contributed by atoms with Crippen LogP contribution in [0.4, 0.5) is 23.7 Å². The fraction of sp³-hybridized carbons (Fsp3) is 0.450. The van der Waals surface area contributed by atoms with Crippen LogP contribution >= 0.6 is 0 Å². The zero-order chi connectivity index (χ0) is 22.9. The van der Waals surface area contributed by atoms with Crippen LogP contribution in [0.3, 0.4) is 0 Å². The van der Waals surface area contributed by atoms with E-state index >= 15 is 0 Å². The van der Waals surface area contributed by atoms with Crippen LogP contribution in [-0.2, 0) is 16.0 Å². The number of hydrogen-bond donors (Lipinski definition) is 1. The van der Waals surface area contributed by atoms with Crippen LogP contribution in [0.25, 0.3) is 0 Å². The van der Waals surface area contributed by atoms with Gasteiger partial charge in [0.25, 0.3) is 0 Å². The third-order valence-electron chi connectivity index (χ3n) is 5.79. The Morgan fingerprint density at radius 2 is 1.68 bits per heavy atom. The standard InChI is InChI=1S/C20H23F3N4O3S/c1-19(2,31(29,30)17-5-3-15(4-6-17)20(21,22)23)14-8-11-27(12-9-14)18(28)26-16-7-10-24-25-13-16/h3-7,10,13-14H,8-9,11-12H2,1-2H3,(H,24,26,28). The summed E-state index contributed by atoms with van der Waals surface area (Å²) in [7, 11) is -3.89. The van der Waals surface area contributed by atoms with E-state index in [0.29, 0.717) is 31.6 Å². The molecule has 2 aromatic rings. The summed E-state index contributed by atoms with van der Waals surface area (Å²) < 4.78 is 63.5. The number of nitrogens with zero attached hydrogens (tertiary/aromatic N) is 3. The molecule has 1 N–H and O–H groups in total. The molecule has 1 aliphatic rings. The summed E-state index contributed by atoms with van der Waals surface area (Å²) in [6.45, 7) is 3.90. The van der Waals surface area contributed by atoms with Crippen LogP contribution in [0.5, 0.6) is 0 Å². The van der Waals surface area contributed by atoms with Gasteiger partial charge >= 0.3 is 12.2 Å². The molecule has 0 aliphatic carbocycles. The van der Waals surface area contributed by atoms with Crippen molar-refractivity contribution in [3.63, 3.8) is 0 Å². The fourth-order valence-corrected chi connectivity index (χ4v) is 5.47. The number of nitrogens with one attached hydrogen (secondary N) is 1. The van der Waals surface area contributed by atoms with Gasteiger partial charge in [-0.05, 0) is 62.9 Å². The van der Waals surface area contributed by atoms with Crippen molar-refractivity contribution < 1.29 is 26.4 Å². The molecule has 2 heterocycles. The van der Waals surface area contributed by atoms with Crippen molar-refractivity contribution in [2.75, 3.05) is 18.4 Å². The Morgan fingerprint density at radius 3 is 2.19 bits per heavy atom. The van der Waals surface area contributed by atoms with Gasteiger partial charge in [0.15, 0.2) is 9.84 Å². The van der Waals surface area contributed by atoms with Gasteiger partial charge in [0.2, 0.25) is 0 Å². The molecule has 0 bridgehead atoms. The summed E-state index contributed by atoms with van der Waals surface area (Å²) in [4.78, 5) is 13.9. The lowest BCUT2D eigenvalue weighted by Gasteiger charge is -2.40. The Kier molecular flexibility index (Phi) is 6.26. The van der Waals surface area contributed by atoms with Crippen LogP contribution < -0.4 is 5.32 Å². The molecular formula is C20H23F3N4O3S. The molecule has 0 spiro atoms. The number of carbonyl (C=O) groups excluding carboxylic acids is 1. The number of aromatic nitrogens is 2. The fourth-order valence-electron chi connectivity index (χ4n) is 3.69. The monoisotopic (exact) mass is 456 g/mol. The first-order valence-corrected chi connectivity index (χ1v) is 11.2. The van der Waals surface area contributed by atoms with Crippen molar-refractivity contribution in [1.82, 2.24) is 15.1 Å². The van der Waals surface area contributed by atoms with Crippen LogP contribution in [-0.4, -0.2) is 47.4 Å². The van der Waals surface area contributed by atoms with Gasteiger partial charge in [-0.3, -0.25) is 0 Å². The number of sulfone groups is 1. The Bertz CT molecular complexity index is 1020. The summed E-state index contributed by atoms with van der Waals surface area (Å²) in [6.07, 6.45) is -0.748. The first-order valence-electron chi connectivity index (χ1n) is 9.67. The minimum Gasteiger partial charge on any atom is -0.325 e. The number of likely N-dealkylation sites (tertiary alicyclic amines) is 1. The first kappa shape index (κ1) is 23.0. The van der Waals surface area contributed by atoms with Crippen LogP contribution in [0, 0.1) is 5.92 Å². The average Bonchev–Trinajstić information content (AvgIpc) is 2.74. The smallest absolute Gasteiger partial charge is 0.325 e. The number of hydrogen-bond acceptors (Lipinski definition) is 5. The van der Waals surface area contributed by atoms with Crippen molar-refractivity contribution in [1.29, 1.82) is 0 Å². The Hall–Kier alpha value is -2.69. The quantitative estimate of drug-likeness (QED) is 0.751. The second-order valence-corrected chi connectivity index (χ2v) is 10.5. The van der Waals surface area contributed by atoms with Gasteiger partial charge in [-0.2, -0.15) is 23.4 Å². The van der Waals surface area contributed by atoms with E-state index in [1.165, 1.54) is 12.4 Å². The molecule has 1 fully saturated rings. The van der Waals surface area contributed by atoms with Gasteiger partial charge in [-0.25, -0.2) is 13.2 Å². The molecule has 1 aromatic heterocycles. The van der Waals surface area contributed by atoms with Crippen molar-refractivity contribution in [3.8, 4) is 0 Å². The lowest BCUT2D eigenvalue weighted by atomic mass is 9.86. The number of benzene rings is 1. The summed E-state index contributed by atoms with van der Waals surface area (Å²) in [5.41, 5.74) is -0.389. The molecule has 0 atom stereocenters. The van der Waals surface area contributed by atoms with Crippen LogP contribution in [0.15, 0.2) is 47.6 Å². The maximum absolute atomic E-state index is 13.2. The molecule has 1 saturated heterocycles. The van der Waals surface area contributed by atoms with E-state index in [1.807, 2.05) is 0 Å². The van der Waals surface area contributed by atoms with E-state index in [-0.39, 0.29) is 16.8 Å². The molecule has 0 radical (unpaired) electrons. The van der Waals surface area contributed by atoms with Crippen molar-refractivity contribution in [2.24, 2.45) is 5.92 Å². The van der Waals surface area contributed by atoms with Gasteiger partial charge in [-0.15, -0.1) is 0 Å².